The predicted molar refractivity (Wildman–Crippen MR) is 90.4 cm³/mol. The smallest absolute Gasteiger partial charge is 0.339 e. The number of nitrogens with one attached hydrogen (secondary N) is 1. The van der Waals surface area contributed by atoms with Crippen LogP contribution in [0.15, 0.2) is 48.5 Å². The molecule has 2 aromatic carbocycles. The summed E-state index contributed by atoms with van der Waals surface area (Å²) in [5.74, 6) is -1.59. The number of amides is 1. The van der Waals surface area contributed by atoms with Gasteiger partial charge in [-0.05, 0) is 35.7 Å². The lowest BCUT2D eigenvalue weighted by atomic mass is 9.87. The van der Waals surface area contributed by atoms with Gasteiger partial charge in [-0.25, -0.2) is 9.18 Å². The van der Waals surface area contributed by atoms with Gasteiger partial charge in [0.1, 0.15) is 5.82 Å². The van der Waals surface area contributed by atoms with Crippen LogP contribution in [0.25, 0.3) is 0 Å². The Balaban J connectivity index is 2.29. The van der Waals surface area contributed by atoms with Crippen LogP contribution in [0.1, 0.15) is 35.7 Å². The Labute approximate surface area is 140 Å². The number of benzene rings is 2. The average molecular weight is 329 g/mol. The third-order valence-corrected chi connectivity index (χ3v) is 3.77. The third kappa shape index (κ3) is 3.98. The Kier molecular flexibility index (Phi) is 5.68. The van der Waals surface area contributed by atoms with Gasteiger partial charge < -0.3 is 10.1 Å². The van der Waals surface area contributed by atoms with E-state index in [0.29, 0.717) is 5.69 Å². The molecule has 0 spiro atoms. The maximum Gasteiger partial charge on any atom is 0.339 e. The van der Waals surface area contributed by atoms with Crippen molar-refractivity contribution in [2.45, 2.75) is 19.8 Å². The van der Waals surface area contributed by atoms with Crippen molar-refractivity contribution in [3.05, 3.63) is 65.5 Å². The quantitative estimate of drug-likeness (QED) is 0.844. The molecule has 4 nitrogen and oxygen atoms in total. The van der Waals surface area contributed by atoms with Crippen molar-refractivity contribution in [2.24, 2.45) is 5.92 Å². The van der Waals surface area contributed by atoms with Crippen LogP contribution in [0.5, 0.6) is 0 Å². The van der Waals surface area contributed by atoms with E-state index in [1.807, 2.05) is 13.8 Å². The van der Waals surface area contributed by atoms with E-state index in [0.717, 1.165) is 5.56 Å². The van der Waals surface area contributed by atoms with Crippen molar-refractivity contribution >= 4 is 17.6 Å². The zero-order valence-corrected chi connectivity index (χ0v) is 13.9. The number of hydrogen-bond acceptors (Lipinski definition) is 3. The first-order valence-corrected chi connectivity index (χ1v) is 7.67. The summed E-state index contributed by atoms with van der Waals surface area (Å²) in [6, 6.07) is 12.5. The van der Waals surface area contributed by atoms with Crippen LogP contribution in [0.2, 0.25) is 0 Å². The number of carbonyl (C=O) groups is 2. The topological polar surface area (TPSA) is 55.4 Å². The van der Waals surface area contributed by atoms with E-state index in [9.17, 15) is 14.0 Å². The molecule has 24 heavy (non-hydrogen) atoms. The van der Waals surface area contributed by atoms with Crippen molar-refractivity contribution in [2.75, 3.05) is 12.4 Å². The number of para-hydroxylation sites is 1. The van der Waals surface area contributed by atoms with Crippen molar-refractivity contribution in [3.63, 3.8) is 0 Å². The average Bonchev–Trinajstić information content (AvgIpc) is 2.56. The highest BCUT2D eigenvalue weighted by molar-refractivity contribution is 6.03. The molecule has 0 aromatic heterocycles. The molecule has 0 bridgehead atoms. The molecule has 2 aromatic rings. The largest absolute Gasteiger partial charge is 0.465 e. The van der Waals surface area contributed by atoms with Gasteiger partial charge in [-0.1, -0.05) is 38.1 Å². The second-order valence-electron chi connectivity index (χ2n) is 5.80. The van der Waals surface area contributed by atoms with E-state index in [2.05, 4.69) is 5.32 Å². The van der Waals surface area contributed by atoms with Crippen LogP contribution in [0.3, 0.4) is 0 Å². The Morgan fingerprint density at radius 1 is 1.04 bits per heavy atom. The molecule has 0 fully saturated rings. The zero-order valence-electron chi connectivity index (χ0n) is 13.9. The minimum absolute atomic E-state index is 0.000695. The number of rotatable bonds is 5. The van der Waals surface area contributed by atoms with Crippen LogP contribution >= 0.6 is 0 Å². The first-order valence-electron chi connectivity index (χ1n) is 7.67. The summed E-state index contributed by atoms with van der Waals surface area (Å²) in [7, 11) is 1.29. The van der Waals surface area contributed by atoms with Crippen molar-refractivity contribution in [3.8, 4) is 0 Å². The van der Waals surface area contributed by atoms with Crippen LogP contribution in [-0.2, 0) is 9.53 Å². The Morgan fingerprint density at radius 3 is 2.25 bits per heavy atom. The highest BCUT2D eigenvalue weighted by Gasteiger charge is 2.25. The Morgan fingerprint density at radius 2 is 1.67 bits per heavy atom. The fourth-order valence-corrected chi connectivity index (χ4v) is 2.60. The molecular formula is C19H20FNO3. The molecule has 0 saturated heterocycles. The second kappa shape index (κ2) is 7.73. The molecule has 1 atom stereocenters. The zero-order chi connectivity index (χ0) is 17.7. The first kappa shape index (κ1) is 17.7. The SMILES string of the molecule is COC(=O)c1ccccc1NC(=O)C(c1ccc(F)cc1)C(C)C. The minimum atomic E-state index is -0.520. The fourth-order valence-electron chi connectivity index (χ4n) is 2.60. The molecular weight excluding hydrogens is 309 g/mol. The normalized spacial score (nSPS) is 11.9. The summed E-state index contributed by atoms with van der Waals surface area (Å²) in [6.45, 7) is 3.83. The van der Waals surface area contributed by atoms with Gasteiger partial charge in [-0.15, -0.1) is 0 Å². The summed E-state index contributed by atoms with van der Waals surface area (Å²) in [4.78, 5) is 24.6. The summed E-state index contributed by atoms with van der Waals surface area (Å²) in [5, 5.41) is 2.79. The van der Waals surface area contributed by atoms with Crippen molar-refractivity contribution in [1.29, 1.82) is 0 Å². The summed E-state index contributed by atoms with van der Waals surface area (Å²) in [6.07, 6.45) is 0. The molecule has 1 N–H and O–H groups in total. The van der Waals surface area contributed by atoms with E-state index in [4.69, 9.17) is 4.74 Å². The molecule has 0 aliphatic heterocycles. The van der Waals surface area contributed by atoms with Crippen LogP contribution in [0, 0.1) is 11.7 Å². The molecule has 0 aliphatic rings. The van der Waals surface area contributed by atoms with Gasteiger partial charge in [0.2, 0.25) is 5.91 Å². The van der Waals surface area contributed by atoms with E-state index < -0.39 is 11.9 Å². The molecule has 0 aliphatic carbocycles. The third-order valence-electron chi connectivity index (χ3n) is 3.77. The van der Waals surface area contributed by atoms with Crippen LogP contribution in [-0.4, -0.2) is 19.0 Å². The second-order valence-corrected chi connectivity index (χ2v) is 5.80. The van der Waals surface area contributed by atoms with Gasteiger partial charge in [0.15, 0.2) is 0 Å². The van der Waals surface area contributed by atoms with Gasteiger partial charge in [-0.3, -0.25) is 4.79 Å². The minimum Gasteiger partial charge on any atom is -0.465 e. The highest BCUT2D eigenvalue weighted by atomic mass is 19.1. The molecule has 0 saturated carbocycles. The number of halogens is 1. The van der Waals surface area contributed by atoms with E-state index in [1.165, 1.54) is 19.2 Å². The van der Waals surface area contributed by atoms with E-state index in [-0.39, 0.29) is 23.2 Å². The number of esters is 1. The standard InChI is InChI=1S/C19H20FNO3/c1-12(2)17(13-8-10-14(20)11-9-13)18(22)21-16-7-5-4-6-15(16)19(23)24-3/h4-12,17H,1-3H3,(H,21,22). The molecule has 0 radical (unpaired) electrons. The Hall–Kier alpha value is -2.69. The molecule has 2 rings (SSSR count). The summed E-state index contributed by atoms with van der Waals surface area (Å²) in [5.41, 5.74) is 1.40. The molecule has 1 unspecified atom stereocenters. The molecule has 0 heterocycles. The number of hydrogen-bond donors (Lipinski definition) is 1. The van der Waals surface area contributed by atoms with Gasteiger partial charge in [0, 0.05) is 0 Å². The van der Waals surface area contributed by atoms with Crippen molar-refractivity contribution in [1.82, 2.24) is 0 Å². The van der Waals surface area contributed by atoms with Gasteiger partial charge in [-0.2, -0.15) is 0 Å². The lowest BCUT2D eigenvalue weighted by molar-refractivity contribution is -0.118. The lowest BCUT2D eigenvalue weighted by Gasteiger charge is -2.21. The Bertz CT molecular complexity index is 726. The number of methoxy groups -OCH3 is 1. The van der Waals surface area contributed by atoms with Gasteiger partial charge in [0.25, 0.3) is 0 Å². The number of ether oxygens (including phenoxy) is 1. The van der Waals surface area contributed by atoms with Gasteiger partial charge >= 0.3 is 5.97 Å². The molecule has 1 amide bonds. The van der Waals surface area contributed by atoms with Crippen LogP contribution in [0.4, 0.5) is 10.1 Å². The van der Waals surface area contributed by atoms with Crippen molar-refractivity contribution < 1.29 is 18.7 Å². The summed E-state index contributed by atoms with van der Waals surface area (Å²) < 4.78 is 17.9. The van der Waals surface area contributed by atoms with E-state index in [1.54, 1.807) is 36.4 Å². The fraction of sp³-hybridized carbons (Fsp3) is 0.263. The maximum atomic E-state index is 13.1. The lowest BCUT2D eigenvalue weighted by Crippen LogP contribution is -2.26. The van der Waals surface area contributed by atoms with Gasteiger partial charge in [0.05, 0.1) is 24.3 Å². The number of anilines is 1. The highest BCUT2D eigenvalue weighted by Crippen LogP contribution is 2.27. The first-order chi connectivity index (χ1) is 11.4. The summed E-state index contributed by atoms with van der Waals surface area (Å²) >= 11 is 0. The predicted octanol–water partition coefficient (Wildman–Crippen LogP) is 3.99. The number of carbonyl (C=O) groups excluding carboxylic acids is 2. The maximum absolute atomic E-state index is 13.1. The molecule has 5 heteroatoms. The monoisotopic (exact) mass is 329 g/mol. The van der Waals surface area contributed by atoms with E-state index >= 15 is 0 Å². The van der Waals surface area contributed by atoms with Crippen LogP contribution < -0.4 is 5.32 Å². The molecule has 126 valence electrons.